The minimum atomic E-state index is -1.07. The van der Waals surface area contributed by atoms with Gasteiger partial charge in [0.15, 0.2) is 0 Å². The second kappa shape index (κ2) is 5.56. The summed E-state index contributed by atoms with van der Waals surface area (Å²) in [5.74, 6) is -1.37. The van der Waals surface area contributed by atoms with Crippen molar-refractivity contribution in [3.8, 4) is 0 Å². The summed E-state index contributed by atoms with van der Waals surface area (Å²) in [7, 11) is 0. The van der Waals surface area contributed by atoms with E-state index in [-0.39, 0.29) is 12.3 Å². The number of halogens is 1. The highest BCUT2D eigenvalue weighted by Gasteiger charge is 2.38. The van der Waals surface area contributed by atoms with Crippen LogP contribution in [0.5, 0.6) is 0 Å². The molecule has 6 nitrogen and oxygen atoms in total. The van der Waals surface area contributed by atoms with E-state index in [4.69, 9.17) is 10.5 Å². The monoisotopic (exact) mass is 281 g/mol. The highest BCUT2D eigenvalue weighted by Crippen LogP contribution is 2.22. The molecule has 1 aliphatic rings. The Morgan fingerprint density at radius 3 is 2.75 bits per heavy atom. The third kappa shape index (κ3) is 3.12. The fourth-order valence-electron chi connectivity index (χ4n) is 1.90. The Hall–Kier alpha value is -1.99. The number of amides is 2. The Kier molecular flexibility index (Phi) is 4.01. The number of ether oxygens (including phenoxy) is 1. The average molecular weight is 281 g/mol. The predicted octanol–water partition coefficient (Wildman–Crippen LogP) is 0.840. The smallest absolute Gasteiger partial charge is 0.246 e. The second-order valence-corrected chi connectivity index (χ2v) is 4.79. The number of anilines is 2. The molecule has 1 aromatic carbocycles. The van der Waals surface area contributed by atoms with Crippen LogP contribution in [0.4, 0.5) is 15.8 Å². The van der Waals surface area contributed by atoms with Gasteiger partial charge in [-0.25, -0.2) is 4.39 Å². The van der Waals surface area contributed by atoms with E-state index in [1.807, 2.05) is 0 Å². The summed E-state index contributed by atoms with van der Waals surface area (Å²) in [4.78, 5) is 23.0. The molecule has 1 aromatic rings. The lowest BCUT2D eigenvalue weighted by Crippen LogP contribution is -2.51. The summed E-state index contributed by atoms with van der Waals surface area (Å²) in [6.07, 6.45) is 0.429. The first-order valence-electron chi connectivity index (χ1n) is 6.16. The van der Waals surface area contributed by atoms with Crippen LogP contribution in [-0.2, 0) is 14.3 Å². The minimum Gasteiger partial charge on any atom is -0.379 e. The van der Waals surface area contributed by atoms with Crippen molar-refractivity contribution >= 4 is 23.2 Å². The molecule has 20 heavy (non-hydrogen) atoms. The largest absolute Gasteiger partial charge is 0.379 e. The van der Waals surface area contributed by atoms with Crippen LogP contribution < -0.4 is 16.4 Å². The van der Waals surface area contributed by atoms with Crippen LogP contribution in [0, 0.1) is 5.82 Å². The molecule has 0 aromatic heterocycles. The van der Waals surface area contributed by atoms with E-state index in [9.17, 15) is 14.0 Å². The summed E-state index contributed by atoms with van der Waals surface area (Å²) < 4.78 is 18.6. The van der Waals surface area contributed by atoms with E-state index in [0.29, 0.717) is 18.7 Å². The van der Waals surface area contributed by atoms with Crippen molar-refractivity contribution in [2.75, 3.05) is 23.8 Å². The maximum absolute atomic E-state index is 13.5. The first-order chi connectivity index (χ1) is 9.40. The van der Waals surface area contributed by atoms with E-state index in [0.717, 1.165) is 6.07 Å². The molecule has 0 spiro atoms. The van der Waals surface area contributed by atoms with Crippen LogP contribution in [0.2, 0.25) is 0 Å². The Bertz CT molecular complexity index is 542. The first kappa shape index (κ1) is 14.4. The quantitative estimate of drug-likeness (QED) is 0.765. The van der Waals surface area contributed by atoms with Crippen LogP contribution >= 0.6 is 0 Å². The lowest BCUT2D eigenvalue weighted by Gasteiger charge is -2.20. The van der Waals surface area contributed by atoms with Crippen molar-refractivity contribution < 1.29 is 18.7 Å². The zero-order valence-electron chi connectivity index (χ0n) is 11.0. The highest BCUT2D eigenvalue weighted by atomic mass is 19.1. The highest BCUT2D eigenvalue weighted by molar-refractivity contribution is 5.99. The normalized spacial score (nSPS) is 21.6. The number of rotatable bonds is 3. The molecular weight excluding hydrogens is 265 g/mol. The fraction of sp³-hybridized carbons (Fsp3) is 0.385. The van der Waals surface area contributed by atoms with Gasteiger partial charge in [-0.15, -0.1) is 0 Å². The molecule has 4 N–H and O–H groups in total. The van der Waals surface area contributed by atoms with Gasteiger partial charge in [-0.3, -0.25) is 9.59 Å². The first-order valence-corrected chi connectivity index (χ1v) is 6.16. The zero-order chi connectivity index (χ0) is 14.8. The van der Waals surface area contributed by atoms with Crippen LogP contribution in [-0.4, -0.2) is 30.6 Å². The Morgan fingerprint density at radius 1 is 1.40 bits per heavy atom. The van der Waals surface area contributed by atoms with Gasteiger partial charge < -0.3 is 21.1 Å². The maximum atomic E-state index is 13.5. The molecule has 1 fully saturated rings. The van der Waals surface area contributed by atoms with Crippen LogP contribution in [0.15, 0.2) is 18.2 Å². The lowest BCUT2D eigenvalue weighted by molar-refractivity contribution is -0.121. The van der Waals surface area contributed by atoms with Crippen molar-refractivity contribution in [1.82, 2.24) is 0 Å². The molecule has 1 unspecified atom stereocenters. The summed E-state index contributed by atoms with van der Waals surface area (Å²) in [6.45, 7) is 1.86. The molecule has 2 rings (SSSR count). The van der Waals surface area contributed by atoms with Crippen LogP contribution in [0.3, 0.4) is 0 Å². The Labute approximate surface area is 115 Å². The number of carbonyl (C=O) groups is 2. The van der Waals surface area contributed by atoms with E-state index in [1.165, 1.54) is 19.1 Å². The number of benzene rings is 1. The van der Waals surface area contributed by atoms with Crippen molar-refractivity contribution in [2.45, 2.75) is 18.9 Å². The van der Waals surface area contributed by atoms with Crippen molar-refractivity contribution in [1.29, 1.82) is 0 Å². The van der Waals surface area contributed by atoms with Gasteiger partial charge in [0.25, 0.3) is 0 Å². The van der Waals surface area contributed by atoms with Crippen LogP contribution in [0.1, 0.15) is 13.3 Å². The summed E-state index contributed by atoms with van der Waals surface area (Å²) >= 11 is 0. The molecule has 0 aliphatic carbocycles. The van der Waals surface area contributed by atoms with Gasteiger partial charge in [0.2, 0.25) is 11.8 Å². The van der Waals surface area contributed by atoms with E-state index >= 15 is 0 Å². The average Bonchev–Trinajstić information content (AvgIpc) is 2.81. The van der Waals surface area contributed by atoms with E-state index in [2.05, 4.69) is 10.6 Å². The molecule has 0 bridgehead atoms. The van der Waals surface area contributed by atoms with Crippen molar-refractivity contribution in [3.63, 3.8) is 0 Å². The molecule has 1 atom stereocenters. The van der Waals surface area contributed by atoms with Gasteiger partial charge in [0.05, 0.1) is 12.3 Å². The number of nitrogens with one attached hydrogen (secondary N) is 2. The fourth-order valence-corrected chi connectivity index (χ4v) is 1.90. The lowest BCUT2D eigenvalue weighted by atomic mass is 9.99. The van der Waals surface area contributed by atoms with Gasteiger partial charge in [-0.1, -0.05) is 0 Å². The van der Waals surface area contributed by atoms with Gasteiger partial charge in [0, 0.05) is 19.2 Å². The second-order valence-electron chi connectivity index (χ2n) is 4.79. The molecule has 108 valence electrons. The predicted molar refractivity (Wildman–Crippen MR) is 71.7 cm³/mol. The third-order valence-corrected chi connectivity index (χ3v) is 3.04. The van der Waals surface area contributed by atoms with Gasteiger partial charge in [-0.05, 0) is 24.6 Å². The number of nitrogens with two attached hydrogens (primary N) is 1. The molecule has 1 heterocycles. The summed E-state index contributed by atoms with van der Waals surface area (Å²) in [5.41, 5.74) is 5.21. The third-order valence-electron chi connectivity index (χ3n) is 3.04. The number of hydrogen-bond acceptors (Lipinski definition) is 4. The van der Waals surface area contributed by atoms with E-state index < -0.39 is 23.2 Å². The van der Waals surface area contributed by atoms with E-state index in [1.54, 1.807) is 0 Å². The zero-order valence-corrected chi connectivity index (χ0v) is 11.0. The summed E-state index contributed by atoms with van der Waals surface area (Å²) in [5, 5.41) is 4.95. The molecule has 0 radical (unpaired) electrons. The molecule has 1 aliphatic heterocycles. The van der Waals surface area contributed by atoms with Crippen LogP contribution in [0.25, 0.3) is 0 Å². The van der Waals surface area contributed by atoms with Gasteiger partial charge >= 0.3 is 0 Å². The summed E-state index contributed by atoms with van der Waals surface area (Å²) in [6, 6.07) is 3.90. The maximum Gasteiger partial charge on any atom is 0.246 e. The Balaban J connectivity index is 2.13. The molecule has 7 heteroatoms. The van der Waals surface area contributed by atoms with Crippen molar-refractivity contribution in [3.05, 3.63) is 24.0 Å². The van der Waals surface area contributed by atoms with Gasteiger partial charge in [0.1, 0.15) is 11.4 Å². The van der Waals surface area contributed by atoms with Gasteiger partial charge in [-0.2, -0.15) is 0 Å². The van der Waals surface area contributed by atoms with Crippen molar-refractivity contribution in [2.24, 2.45) is 5.73 Å². The number of carbonyl (C=O) groups excluding carboxylic acids is 2. The molecular formula is C13H16FN3O3. The standard InChI is InChI=1S/C13H16FN3O3/c1-8(18)16-11-6-9(2-3-10(11)14)17-12(19)13(15)4-5-20-7-13/h2-3,6H,4-5,7,15H2,1H3,(H,16,18)(H,17,19). The Morgan fingerprint density at radius 2 is 2.15 bits per heavy atom. The SMILES string of the molecule is CC(=O)Nc1cc(NC(=O)C2(N)CCOC2)ccc1F. The molecule has 1 saturated heterocycles. The minimum absolute atomic E-state index is 0.00374. The molecule has 2 amide bonds. The number of hydrogen-bond donors (Lipinski definition) is 3. The topological polar surface area (TPSA) is 93.5 Å². The molecule has 0 saturated carbocycles.